The van der Waals surface area contributed by atoms with Crippen LogP contribution in [-0.4, -0.2) is 82.4 Å². The van der Waals surface area contributed by atoms with Crippen LogP contribution in [0.1, 0.15) is 12.8 Å². The molecule has 1 saturated heterocycles. The van der Waals surface area contributed by atoms with Crippen molar-refractivity contribution >= 4 is 11.7 Å². The maximum atomic E-state index is 14.6. The van der Waals surface area contributed by atoms with Gasteiger partial charge >= 0.3 is 0 Å². The number of halogens is 1. The van der Waals surface area contributed by atoms with Crippen molar-refractivity contribution < 1.29 is 13.9 Å². The number of nitrogens with zero attached hydrogens (tertiary/aromatic N) is 7. The molecule has 0 aliphatic carbocycles. The molecule has 11 heteroatoms. The van der Waals surface area contributed by atoms with Crippen LogP contribution < -0.4 is 15.0 Å². The maximum absolute atomic E-state index is 14.6. The van der Waals surface area contributed by atoms with E-state index in [9.17, 15) is 9.18 Å². The zero-order valence-electron chi connectivity index (χ0n) is 22.2. The Labute approximate surface area is 226 Å². The van der Waals surface area contributed by atoms with Crippen LogP contribution >= 0.6 is 0 Å². The molecular weight excluding hydrogens is 499 g/mol. The standard InChI is InChI=1S/C28H31FN8O2/c1-35(2)18-26(38)32-20-7-6-14-36(17-20)24-10-5-11-25(34-24)37-16-19(15-31-37)22-12-13-30-28(33-22)27-21(29)8-4-9-23(27)39-3/h4-5,8-13,15-16,20H,6-7,14,17-18H2,1-3H3,(H,32,38). The van der Waals surface area contributed by atoms with Gasteiger partial charge in [-0.05, 0) is 57.3 Å². The predicted molar refractivity (Wildman–Crippen MR) is 146 cm³/mol. The topological polar surface area (TPSA) is 101 Å². The number of anilines is 1. The van der Waals surface area contributed by atoms with Crippen molar-refractivity contribution in [3.05, 3.63) is 66.9 Å². The number of rotatable bonds is 8. The summed E-state index contributed by atoms with van der Waals surface area (Å²) in [6, 6.07) is 12.2. The third kappa shape index (κ3) is 6.04. The van der Waals surface area contributed by atoms with E-state index < -0.39 is 5.82 Å². The van der Waals surface area contributed by atoms with Gasteiger partial charge in [0.2, 0.25) is 5.91 Å². The van der Waals surface area contributed by atoms with Crippen LogP contribution in [0.2, 0.25) is 0 Å². The second kappa shape index (κ2) is 11.6. The molecule has 4 aromatic rings. The lowest BCUT2D eigenvalue weighted by Gasteiger charge is -2.34. The summed E-state index contributed by atoms with van der Waals surface area (Å²) in [7, 11) is 5.25. The first kappa shape index (κ1) is 26.2. The molecule has 0 bridgehead atoms. The quantitative estimate of drug-likeness (QED) is 0.371. The summed E-state index contributed by atoms with van der Waals surface area (Å²) >= 11 is 0. The minimum Gasteiger partial charge on any atom is -0.496 e. The molecule has 1 aliphatic heterocycles. The molecule has 10 nitrogen and oxygen atoms in total. The molecule has 202 valence electrons. The van der Waals surface area contributed by atoms with Gasteiger partial charge in [-0.2, -0.15) is 5.10 Å². The summed E-state index contributed by atoms with van der Waals surface area (Å²) in [6.07, 6.45) is 7.02. The number of hydrogen-bond donors (Lipinski definition) is 1. The summed E-state index contributed by atoms with van der Waals surface area (Å²) in [5.74, 6) is 1.64. The monoisotopic (exact) mass is 530 g/mol. The van der Waals surface area contributed by atoms with Gasteiger partial charge in [-0.1, -0.05) is 12.1 Å². The summed E-state index contributed by atoms with van der Waals surface area (Å²) < 4.78 is 21.6. The van der Waals surface area contributed by atoms with Crippen LogP contribution in [0.4, 0.5) is 10.2 Å². The SMILES string of the molecule is COc1cccc(F)c1-c1nccc(-c2cnn(-c3cccc(N4CCCC(NC(=O)CN(C)C)C4)n3)c2)n1. The van der Waals surface area contributed by atoms with E-state index in [0.29, 0.717) is 30.4 Å². The van der Waals surface area contributed by atoms with Crippen LogP contribution in [0.5, 0.6) is 5.75 Å². The van der Waals surface area contributed by atoms with E-state index in [1.807, 2.05) is 43.4 Å². The molecule has 3 aromatic heterocycles. The van der Waals surface area contributed by atoms with E-state index in [1.165, 1.54) is 13.2 Å². The van der Waals surface area contributed by atoms with E-state index >= 15 is 0 Å². The molecule has 1 N–H and O–H groups in total. The number of hydrogen-bond acceptors (Lipinski definition) is 8. The number of benzene rings is 1. The van der Waals surface area contributed by atoms with E-state index in [1.54, 1.807) is 35.3 Å². The third-order valence-corrected chi connectivity index (χ3v) is 6.48. The van der Waals surface area contributed by atoms with Gasteiger partial charge in [-0.15, -0.1) is 0 Å². The van der Waals surface area contributed by atoms with E-state index in [-0.39, 0.29) is 23.3 Å². The molecular formula is C28H31FN8O2. The molecule has 0 spiro atoms. The van der Waals surface area contributed by atoms with Crippen molar-refractivity contribution in [3.63, 3.8) is 0 Å². The Morgan fingerprint density at radius 3 is 2.79 bits per heavy atom. The Balaban J connectivity index is 1.34. The maximum Gasteiger partial charge on any atom is 0.234 e. The number of likely N-dealkylation sites (N-methyl/N-ethyl adjacent to an activating group) is 1. The Hall–Kier alpha value is -4.38. The minimum atomic E-state index is -0.458. The predicted octanol–water partition coefficient (Wildman–Crippen LogP) is 3.19. The van der Waals surface area contributed by atoms with Crippen molar-refractivity contribution in [1.82, 2.24) is 34.9 Å². The van der Waals surface area contributed by atoms with Gasteiger partial charge in [0.25, 0.3) is 0 Å². The van der Waals surface area contributed by atoms with Gasteiger partial charge in [-0.3, -0.25) is 4.79 Å². The third-order valence-electron chi connectivity index (χ3n) is 6.48. The lowest BCUT2D eigenvalue weighted by molar-refractivity contribution is -0.122. The van der Waals surface area contributed by atoms with Gasteiger partial charge in [0.15, 0.2) is 11.6 Å². The average Bonchev–Trinajstić information content (AvgIpc) is 3.43. The fraction of sp³-hybridized carbons (Fsp3) is 0.321. The van der Waals surface area contributed by atoms with Gasteiger partial charge < -0.3 is 19.9 Å². The van der Waals surface area contributed by atoms with Crippen molar-refractivity contribution in [2.24, 2.45) is 0 Å². The van der Waals surface area contributed by atoms with Gasteiger partial charge in [0.1, 0.15) is 17.4 Å². The minimum absolute atomic E-state index is 0.0268. The molecule has 39 heavy (non-hydrogen) atoms. The molecule has 1 atom stereocenters. The van der Waals surface area contributed by atoms with E-state index in [2.05, 4.69) is 25.3 Å². The van der Waals surface area contributed by atoms with Gasteiger partial charge in [0.05, 0.1) is 31.1 Å². The van der Waals surface area contributed by atoms with Crippen molar-refractivity contribution in [2.45, 2.75) is 18.9 Å². The number of aromatic nitrogens is 5. The Morgan fingerprint density at radius 2 is 1.97 bits per heavy atom. The average molecular weight is 531 g/mol. The largest absolute Gasteiger partial charge is 0.496 e. The lowest BCUT2D eigenvalue weighted by Crippen LogP contribution is -2.49. The van der Waals surface area contributed by atoms with Crippen molar-refractivity contribution in [2.75, 3.05) is 45.7 Å². The molecule has 1 unspecified atom stereocenters. The summed E-state index contributed by atoms with van der Waals surface area (Å²) in [4.78, 5) is 30.0. The smallest absolute Gasteiger partial charge is 0.234 e. The number of ether oxygens (including phenoxy) is 1. The summed E-state index contributed by atoms with van der Waals surface area (Å²) in [5, 5.41) is 7.63. The molecule has 0 saturated carbocycles. The number of piperidine rings is 1. The van der Waals surface area contributed by atoms with Crippen LogP contribution in [-0.2, 0) is 4.79 Å². The lowest BCUT2D eigenvalue weighted by atomic mass is 10.1. The zero-order chi connectivity index (χ0) is 27.4. The number of carbonyl (C=O) groups excluding carboxylic acids is 1. The van der Waals surface area contributed by atoms with E-state index in [4.69, 9.17) is 9.72 Å². The number of pyridine rings is 1. The second-order valence-corrected chi connectivity index (χ2v) is 9.70. The first-order valence-corrected chi connectivity index (χ1v) is 12.8. The molecule has 4 heterocycles. The summed E-state index contributed by atoms with van der Waals surface area (Å²) in [5.41, 5.74) is 1.55. The van der Waals surface area contributed by atoms with Crippen LogP contribution in [0.15, 0.2) is 61.1 Å². The highest BCUT2D eigenvalue weighted by molar-refractivity contribution is 5.78. The molecule has 0 radical (unpaired) electrons. The number of amides is 1. The van der Waals surface area contributed by atoms with E-state index in [0.717, 1.165) is 30.8 Å². The second-order valence-electron chi connectivity index (χ2n) is 9.70. The molecule has 1 aromatic carbocycles. The molecule has 1 amide bonds. The fourth-order valence-electron chi connectivity index (χ4n) is 4.69. The Kier molecular flexibility index (Phi) is 7.78. The van der Waals surface area contributed by atoms with Crippen LogP contribution in [0, 0.1) is 5.82 Å². The van der Waals surface area contributed by atoms with Gasteiger partial charge in [0, 0.05) is 37.1 Å². The Morgan fingerprint density at radius 1 is 1.15 bits per heavy atom. The first-order chi connectivity index (χ1) is 18.9. The number of methoxy groups -OCH3 is 1. The highest BCUT2D eigenvalue weighted by Gasteiger charge is 2.23. The molecule has 5 rings (SSSR count). The first-order valence-electron chi connectivity index (χ1n) is 12.8. The number of nitrogens with one attached hydrogen (secondary N) is 1. The Bertz CT molecular complexity index is 1460. The molecule has 1 fully saturated rings. The van der Waals surface area contributed by atoms with Gasteiger partial charge in [-0.25, -0.2) is 24.0 Å². The highest BCUT2D eigenvalue weighted by Crippen LogP contribution is 2.31. The van der Waals surface area contributed by atoms with Crippen LogP contribution in [0.25, 0.3) is 28.5 Å². The number of carbonyl (C=O) groups is 1. The van der Waals surface area contributed by atoms with Crippen LogP contribution in [0.3, 0.4) is 0 Å². The zero-order valence-corrected chi connectivity index (χ0v) is 22.2. The van der Waals surface area contributed by atoms with Crippen molar-refractivity contribution in [1.29, 1.82) is 0 Å². The molecule has 1 aliphatic rings. The normalized spacial score (nSPS) is 15.4. The fourth-order valence-corrected chi connectivity index (χ4v) is 4.69. The summed E-state index contributed by atoms with van der Waals surface area (Å²) in [6.45, 7) is 1.93. The van der Waals surface area contributed by atoms with Crippen molar-refractivity contribution in [3.8, 4) is 34.2 Å². The highest BCUT2D eigenvalue weighted by atomic mass is 19.1.